The van der Waals surface area contributed by atoms with Gasteiger partial charge in [-0.15, -0.1) is 0 Å². The predicted molar refractivity (Wildman–Crippen MR) is 58.9 cm³/mol. The van der Waals surface area contributed by atoms with Crippen molar-refractivity contribution in [1.82, 2.24) is 5.32 Å². The van der Waals surface area contributed by atoms with E-state index in [2.05, 4.69) is 5.32 Å². The second-order valence-corrected chi connectivity index (χ2v) is 3.48. The highest BCUT2D eigenvalue weighted by Crippen LogP contribution is 2.14. The number of rotatable bonds is 6. The minimum Gasteiger partial charge on any atom is -0.468 e. The van der Waals surface area contributed by atoms with Crippen molar-refractivity contribution in [3.05, 3.63) is 48.3 Å². The molecule has 16 heavy (non-hydrogen) atoms. The number of methoxy groups -OCH3 is 1. The van der Waals surface area contributed by atoms with Gasteiger partial charge >= 0.3 is 0 Å². The van der Waals surface area contributed by atoms with Crippen LogP contribution in [0, 0.1) is 0 Å². The zero-order chi connectivity index (χ0) is 11.2. The van der Waals surface area contributed by atoms with E-state index in [0.29, 0.717) is 13.2 Å². The number of nitrogens with one attached hydrogen (secondary N) is 1. The van der Waals surface area contributed by atoms with Crippen LogP contribution in [0.4, 0.5) is 0 Å². The van der Waals surface area contributed by atoms with Crippen molar-refractivity contribution in [2.45, 2.75) is 12.6 Å². The number of hydrogen-bond donors (Lipinski definition) is 1. The summed E-state index contributed by atoms with van der Waals surface area (Å²) in [6.07, 6.45) is 3.32. The van der Waals surface area contributed by atoms with Gasteiger partial charge in [0.15, 0.2) is 0 Å². The Morgan fingerprint density at radius 1 is 1.25 bits per heavy atom. The molecular formula is C12H15NO3. The second-order valence-electron chi connectivity index (χ2n) is 3.48. The Kier molecular flexibility index (Phi) is 3.80. The zero-order valence-electron chi connectivity index (χ0n) is 9.18. The molecule has 2 aromatic heterocycles. The fourth-order valence-electron chi connectivity index (χ4n) is 1.53. The first kappa shape index (κ1) is 11.0. The van der Waals surface area contributed by atoms with Gasteiger partial charge in [-0.25, -0.2) is 0 Å². The Bertz CT molecular complexity index is 380. The van der Waals surface area contributed by atoms with Crippen LogP contribution in [0.15, 0.2) is 45.6 Å². The van der Waals surface area contributed by atoms with Crippen LogP contribution in [-0.2, 0) is 11.3 Å². The Hall–Kier alpha value is -1.52. The quantitative estimate of drug-likeness (QED) is 0.813. The lowest BCUT2D eigenvalue weighted by atomic mass is 10.2. The summed E-state index contributed by atoms with van der Waals surface area (Å²) in [5.41, 5.74) is 0. The summed E-state index contributed by atoms with van der Waals surface area (Å²) in [7, 11) is 1.67. The summed E-state index contributed by atoms with van der Waals surface area (Å²) >= 11 is 0. The molecule has 0 saturated heterocycles. The highest BCUT2D eigenvalue weighted by molar-refractivity contribution is 5.05. The van der Waals surface area contributed by atoms with Gasteiger partial charge in [0.25, 0.3) is 0 Å². The zero-order valence-corrected chi connectivity index (χ0v) is 9.18. The molecule has 0 saturated carbocycles. The summed E-state index contributed by atoms with van der Waals surface area (Å²) in [6.45, 7) is 1.22. The Morgan fingerprint density at radius 3 is 2.69 bits per heavy atom. The van der Waals surface area contributed by atoms with E-state index in [0.717, 1.165) is 11.5 Å². The van der Waals surface area contributed by atoms with Gasteiger partial charge in [-0.05, 0) is 24.3 Å². The van der Waals surface area contributed by atoms with Crippen LogP contribution < -0.4 is 5.32 Å². The highest BCUT2D eigenvalue weighted by Gasteiger charge is 2.13. The maximum absolute atomic E-state index is 5.34. The first-order valence-corrected chi connectivity index (χ1v) is 5.18. The molecule has 86 valence electrons. The molecule has 0 aliphatic rings. The van der Waals surface area contributed by atoms with Crippen LogP contribution >= 0.6 is 0 Å². The van der Waals surface area contributed by atoms with Crippen LogP contribution in [-0.4, -0.2) is 13.7 Å². The monoisotopic (exact) mass is 221 g/mol. The third-order valence-corrected chi connectivity index (χ3v) is 2.32. The minimum absolute atomic E-state index is 0.0464. The fraction of sp³-hybridized carbons (Fsp3) is 0.333. The van der Waals surface area contributed by atoms with E-state index in [1.165, 1.54) is 0 Å². The van der Waals surface area contributed by atoms with Gasteiger partial charge in [0, 0.05) is 7.11 Å². The lowest BCUT2D eigenvalue weighted by Gasteiger charge is -2.14. The van der Waals surface area contributed by atoms with Crippen molar-refractivity contribution < 1.29 is 13.6 Å². The van der Waals surface area contributed by atoms with Crippen LogP contribution in [0.5, 0.6) is 0 Å². The van der Waals surface area contributed by atoms with Crippen LogP contribution in [0.25, 0.3) is 0 Å². The lowest BCUT2D eigenvalue weighted by Crippen LogP contribution is -2.24. The van der Waals surface area contributed by atoms with Crippen LogP contribution in [0.3, 0.4) is 0 Å². The first-order chi connectivity index (χ1) is 7.90. The van der Waals surface area contributed by atoms with E-state index in [9.17, 15) is 0 Å². The Morgan fingerprint density at radius 2 is 2.06 bits per heavy atom. The number of furan rings is 2. The van der Waals surface area contributed by atoms with E-state index in [1.807, 2.05) is 24.3 Å². The predicted octanol–water partition coefficient (Wildman–Crippen LogP) is 2.35. The van der Waals surface area contributed by atoms with Crippen LogP contribution in [0.1, 0.15) is 17.6 Å². The molecule has 0 aliphatic carbocycles. The molecule has 1 unspecified atom stereocenters. The van der Waals surface area contributed by atoms with Crippen molar-refractivity contribution in [2.24, 2.45) is 0 Å². The van der Waals surface area contributed by atoms with Crippen LogP contribution in [0.2, 0.25) is 0 Å². The summed E-state index contributed by atoms with van der Waals surface area (Å²) in [6, 6.07) is 7.64. The van der Waals surface area contributed by atoms with Gasteiger partial charge in [0.05, 0.1) is 31.7 Å². The Labute approximate surface area is 94.2 Å². The van der Waals surface area contributed by atoms with Gasteiger partial charge in [-0.3, -0.25) is 5.32 Å². The third kappa shape index (κ3) is 2.74. The van der Waals surface area contributed by atoms with Crippen molar-refractivity contribution in [3.8, 4) is 0 Å². The normalized spacial score (nSPS) is 12.8. The number of ether oxygens (including phenoxy) is 1. The van der Waals surface area contributed by atoms with Gasteiger partial charge < -0.3 is 13.6 Å². The smallest absolute Gasteiger partial charge is 0.123 e. The van der Waals surface area contributed by atoms with Gasteiger partial charge in [-0.2, -0.15) is 0 Å². The molecule has 2 aromatic rings. The van der Waals surface area contributed by atoms with E-state index >= 15 is 0 Å². The summed E-state index contributed by atoms with van der Waals surface area (Å²) in [4.78, 5) is 0. The number of hydrogen-bond acceptors (Lipinski definition) is 4. The highest BCUT2D eigenvalue weighted by atomic mass is 16.5. The lowest BCUT2D eigenvalue weighted by molar-refractivity contribution is 0.155. The van der Waals surface area contributed by atoms with Gasteiger partial charge in [0.1, 0.15) is 11.5 Å². The molecule has 0 spiro atoms. The first-order valence-electron chi connectivity index (χ1n) is 5.18. The van der Waals surface area contributed by atoms with E-state index in [-0.39, 0.29) is 6.04 Å². The Balaban J connectivity index is 1.93. The van der Waals surface area contributed by atoms with E-state index in [4.69, 9.17) is 13.6 Å². The molecule has 1 N–H and O–H groups in total. The third-order valence-electron chi connectivity index (χ3n) is 2.32. The minimum atomic E-state index is 0.0464. The van der Waals surface area contributed by atoms with E-state index in [1.54, 1.807) is 19.6 Å². The summed E-state index contributed by atoms with van der Waals surface area (Å²) < 4.78 is 15.7. The average molecular weight is 221 g/mol. The average Bonchev–Trinajstić information content (AvgIpc) is 2.96. The molecule has 0 bridgehead atoms. The molecule has 0 fully saturated rings. The summed E-state index contributed by atoms with van der Waals surface area (Å²) in [5.74, 6) is 1.76. The molecule has 0 aromatic carbocycles. The van der Waals surface area contributed by atoms with Crippen molar-refractivity contribution in [3.63, 3.8) is 0 Å². The maximum Gasteiger partial charge on any atom is 0.123 e. The maximum atomic E-state index is 5.34. The molecule has 0 radical (unpaired) electrons. The molecule has 0 amide bonds. The molecule has 4 heteroatoms. The van der Waals surface area contributed by atoms with Gasteiger partial charge in [0.2, 0.25) is 0 Å². The largest absolute Gasteiger partial charge is 0.468 e. The fourth-order valence-corrected chi connectivity index (χ4v) is 1.53. The second kappa shape index (κ2) is 5.53. The molecule has 1 atom stereocenters. The van der Waals surface area contributed by atoms with E-state index < -0.39 is 0 Å². The molecule has 2 heterocycles. The molecule has 4 nitrogen and oxygen atoms in total. The topological polar surface area (TPSA) is 47.5 Å². The van der Waals surface area contributed by atoms with Crippen molar-refractivity contribution in [2.75, 3.05) is 13.7 Å². The molecular weight excluding hydrogens is 206 g/mol. The molecule has 0 aliphatic heterocycles. The van der Waals surface area contributed by atoms with Crippen molar-refractivity contribution >= 4 is 0 Å². The van der Waals surface area contributed by atoms with Gasteiger partial charge in [-0.1, -0.05) is 0 Å². The standard InChI is InChI=1S/C12H15NO3/c1-14-9-11(12-5-3-7-16-12)13-8-10-4-2-6-15-10/h2-7,11,13H,8-9H2,1H3. The SMILES string of the molecule is COCC(NCc1ccco1)c1ccco1. The van der Waals surface area contributed by atoms with Crippen molar-refractivity contribution in [1.29, 1.82) is 0 Å². The summed E-state index contributed by atoms with van der Waals surface area (Å²) in [5, 5.41) is 3.31. The molecule has 2 rings (SSSR count).